The van der Waals surface area contributed by atoms with Crippen molar-refractivity contribution in [2.75, 3.05) is 0 Å². The highest BCUT2D eigenvalue weighted by Crippen LogP contribution is 2.28. The summed E-state index contributed by atoms with van der Waals surface area (Å²) in [6.45, 7) is 3.80. The number of non-ortho nitro benzene ring substituents is 1. The van der Waals surface area contributed by atoms with E-state index >= 15 is 0 Å². The van der Waals surface area contributed by atoms with Gasteiger partial charge in [-0.2, -0.15) is 10.2 Å². The van der Waals surface area contributed by atoms with Gasteiger partial charge in [0.1, 0.15) is 0 Å². The van der Waals surface area contributed by atoms with E-state index in [-0.39, 0.29) is 11.4 Å². The summed E-state index contributed by atoms with van der Waals surface area (Å²) >= 11 is 0. The summed E-state index contributed by atoms with van der Waals surface area (Å²) in [6.07, 6.45) is 1.39. The van der Waals surface area contributed by atoms with Crippen LogP contribution in [0.25, 0.3) is 27.7 Å². The second-order valence-electron chi connectivity index (χ2n) is 8.67. The van der Waals surface area contributed by atoms with E-state index in [9.17, 15) is 14.9 Å². The van der Waals surface area contributed by atoms with E-state index in [1.54, 1.807) is 16.8 Å². The molecule has 5 aromatic rings. The number of nitro benzene ring substituents is 1. The first-order valence-corrected chi connectivity index (χ1v) is 11.6. The second kappa shape index (κ2) is 9.87. The molecule has 0 bridgehead atoms. The van der Waals surface area contributed by atoms with Gasteiger partial charge in [-0.3, -0.25) is 14.9 Å². The summed E-state index contributed by atoms with van der Waals surface area (Å²) < 4.78 is 1.77. The van der Waals surface area contributed by atoms with Crippen LogP contribution in [0.15, 0.2) is 96.1 Å². The molecule has 0 aliphatic heterocycles. The van der Waals surface area contributed by atoms with Crippen molar-refractivity contribution in [1.29, 1.82) is 0 Å². The smallest absolute Gasteiger partial charge is 0.265 e. The Bertz CT molecular complexity index is 1690. The van der Waals surface area contributed by atoms with Crippen molar-refractivity contribution < 1.29 is 9.72 Å². The molecule has 1 heterocycles. The van der Waals surface area contributed by atoms with Crippen molar-refractivity contribution in [1.82, 2.24) is 15.2 Å². The van der Waals surface area contributed by atoms with Crippen LogP contribution >= 0.6 is 0 Å². The number of hydrogen-bond acceptors (Lipinski definition) is 5. The minimum absolute atomic E-state index is 0.0459. The Morgan fingerprint density at radius 2 is 1.68 bits per heavy atom. The van der Waals surface area contributed by atoms with E-state index in [2.05, 4.69) is 27.8 Å². The highest BCUT2D eigenvalue weighted by atomic mass is 16.6. The molecular weight excluding hydrogens is 466 g/mol. The van der Waals surface area contributed by atoms with E-state index in [1.807, 2.05) is 68.4 Å². The molecule has 0 aliphatic rings. The van der Waals surface area contributed by atoms with E-state index in [4.69, 9.17) is 0 Å². The van der Waals surface area contributed by atoms with Crippen molar-refractivity contribution in [2.45, 2.75) is 13.8 Å². The lowest BCUT2D eigenvalue weighted by atomic mass is 10.0. The number of aromatic nitrogens is 2. The molecule has 1 aromatic heterocycles. The number of benzene rings is 4. The number of nitrogens with one attached hydrogen (secondary N) is 1. The SMILES string of the molecule is Cc1ccc([N+](=O)[O-])cc1/C=N\NC(=O)c1cc(-c2ccc3ccccc3c2)n(-c2ccccc2C)n1. The van der Waals surface area contributed by atoms with Crippen molar-refractivity contribution in [2.24, 2.45) is 5.10 Å². The van der Waals surface area contributed by atoms with Gasteiger partial charge in [0.25, 0.3) is 11.6 Å². The molecule has 1 N–H and O–H groups in total. The van der Waals surface area contributed by atoms with E-state index in [1.165, 1.54) is 18.3 Å². The molecule has 0 unspecified atom stereocenters. The van der Waals surface area contributed by atoms with Crippen molar-refractivity contribution in [3.8, 4) is 16.9 Å². The first kappa shape index (κ1) is 23.6. The number of rotatable bonds is 6. The van der Waals surface area contributed by atoms with Gasteiger partial charge in [-0.15, -0.1) is 0 Å². The topological polar surface area (TPSA) is 102 Å². The zero-order valence-electron chi connectivity index (χ0n) is 20.3. The van der Waals surface area contributed by atoms with Crippen LogP contribution in [0.4, 0.5) is 5.69 Å². The number of carbonyl (C=O) groups is 1. The maximum Gasteiger partial charge on any atom is 0.291 e. The molecular formula is C29H23N5O3. The Hall–Kier alpha value is -5.11. The Balaban J connectivity index is 1.50. The fraction of sp³-hybridized carbons (Fsp3) is 0.0690. The number of amides is 1. The van der Waals surface area contributed by atoms with Crippen LogP contribution in [0.1, 0.15) is 27.2 Å². The number of nitrogens with zero attached hydrogens (tertiary/aromatic N) is 4. The van der Waals surface area contributed by atoms with Crippen LogP contribution in [-0.2, 0) is 0 Å². The highest BCUT2D eigenvalue weighted by molar-refractivity contribution is 5.95. The van der Waals surface area contributed by atoms with E-state index in [0.717, 1.165) is 38.8 Å². The third-order valence-corrected chi connectivity index (χ3v) is 6.17. The molecule has 0 aliphatic carbocycles. The molecule has 0 spiro atoms. The molecule has 8 heteroatoms. The zero-order chi connectivity index (χ0) is 25.9. The Morgan fingerprint density at radius 3 is 2.46 bits per heavy atom. The van der Waals surface area contributed by atoms with Gasteiger partial charge in [-0.05, 0) is 53.9 Å². The van der Waals surface area contributed by atoms with E-state index < -0.39 is 10.8 Å². The fourth-order valence-corrected chi connectivity index (χ4v) is 4.13. The molecule has 1 amide bonds. The molecule has 37 heavy (non-hydrogen) atoms. The van der Waals surface area contributed by atoms with Crippen LogP contribution < -0.4 is 5.43 Å². The molecule has 0 saturated carbocycles. The van der Waals surface area contributed by atoms with Crippen molar-refractivity contribution >= 4 is 28.6 Å². The predicted molar refractivity (Wildman–Crippen MR) is 144 cm³/mol. The van der Waals surface area contributed by atoms with Crippen molar-refractivity contribution in [3.05, 3.63) is 123 Å². The largest absolute Gasteiger partial charge is 0.291 e. The number of carbonyl (C=O) groups excluding carboxylic acids is 1. The van der Waals surface area contributed by atoms with Gasteiger partial charge in [-0.1, -0.05) is 60.7 Å². The zero-order valence-corrected chi connectivity index (χ0v) is 20.3. The van der Waals surface area contributed by atoms with Gasteiger partial charge in [0.2, 0.25) is 0 Å². The average Bonchev–Trinajstić information content (AvgIpc) is 3.35. The van der Waals surface area contributed by atoms with Gasteiger partial charge in [0.05, 0.1) is 22.5 Å². The molecule has 8 nitrogen and oxygen atoms in total. The fourth-order valence-electron chi connectivity index (χ4n) is 4.13. The quantitative estimate of drug-likeness (QED) is 0.180. The lowest BCUT2D eigenvalue weighted by Gasteiger charge is -2.11. The normalized spacial score (nSPS) is 11.2. The summed E-state index contributed by atoms with van der Waals surface area (Å²) in [4.78, 5) is 23.6. The van der Waals surface area contributed by atoms with Gasteiger partial charge in [-0.25, -0.2) is 10.1 Å². The Kier molecular flexibility index (Phi) is 6.30. The first-order valence-electron chi connectivity index (χ1n) is 11.6. The Morgan fingerprint density at radius 1 is 0.919 bits per heavy atom. The molecule has 0 saturated heterocycles. The van der Waals surface area contributed by atoms with Gasteiger partial charge in [0, 0.05) is 23.3 Å². The summed E-state index contributed by atoms with van der Waals surface area (Å²) in [5.74, 6) is -0.492. The van der Waals surface area contributed by atoms with Gasteiger partial charge in [0.15, 0.2) is 5.69 Å². The predicted octanol–water partition coefficient (Wildman–Crippen LogP) is 5.98. The molecule has 0 fully saturated rings. The number of hydrazone groups is 1. The van der Waals surface area contributed by atoms with Gasteiger partial charge < -0.3 is 0 Å². The number of para-hydroxylation sites is 1. The minimum Gasteiger partial charge on any atom is -0.265 e. The molecule has 4 aromatic carbocycles. The minimum atomic E-state index is -0.492. The molecule has 5 rings (SSSR count). The number of nitro groups is 1. The molecule has 0 radical (unpaired) electrons. The summed E-state index contributed by atoms with van der Waals surface area (Å²) in [6, 6.07) is 28.3. The van der Waals surface area contributed by atoms with Crippen LogP contribution in [0.5, 0.6) is 0 Å². The van der Waals surface area contributed by atoms with Gasteiger partial charge >= 0.3 is 0 Å². The second-order valence-corrected chi connectivity index (χ2v) is 8.67. The summed E-state index contributed by atoms with van der Waals surface area (Å²) in [5, 5.41) is 21.9. The lowest BCUT2D eigenvalue weighted by molar-refractivity contribution is -0.384. The third-order valence-electron chi connectivity index (χ3n) is 6.17. The standard InChI is InChI=1S/C29H23N5O3/c1-19-11-14-25(34(36)37)16-24(19)18-30-31-29(35)26-17-28(33(32-26)27-10-6-3-7-20(27)2)23-13-12-21-8-4-5-9-22(21)15-23/h3-18H,1-2H3,(H,31,35)/b30-18-. The maximum absolute atomic E-state index is 13.0. The molecule has 0 atom stereocenters. The highest BCUT2D eigenvalue weighted by Gasteiger charge is 2.18. The number of aryl methyl sites for hydroxylation is 2. The summed E-state index contributed by atoms with van der Waals surface area (Å²) in [7, 11) is 0. The lowest BCUT2D eigenvalue weighted by Crippen LogP contribution is -2.18. The van der Waals surface area contributed by atoms with Crippen LogP contribution in [0, 0.1) is 24.0 Å². The van der Waals surface area contributed by atoms with Crippen LogP contribution in [0.3, 0.4) is 0 Å². The van der Waals surface area contributed by atoms with Crippen LogP contribution in [-0.4, -0.2) is 26.8 Å². The number of hydrogen-bond donors (Lipinski definition) is 1. The number of fused-ring (bicyclic) bond motifs is 1. The van der Waals surface area contributed by atoms with Crippen LogP contribution in [0.2, 0.25) is 0 Å². The average molecular weight is 490 g/mol. The third kappa shape index (κ3) is 4.85. The molecule has 182 valence electrons. The first-order chi connectivity index (χ1) is 17.9. The Labute approximate surface area is 213 Å². The monoisotopic (exact) mass is 489 g/mol. The van der Waals surface area contributed by atoms with E-state index in [0.29, 0.717) is 5.56 Å². The maximum atomic E-state index is 13.0. The summed E-state index contributed by atoms with van der Waals surface area (Å²) in [5.41, 5.74) is 7.54. The van der Waals surface area contributed by atoms with Crippen molar-refractivity contribution in [3.63, 3.8) is 0 Å².